The molecule has 114 valence electrons. The maximum Gasteiger partial charge on any atom is 0.231 e. The molecule has 1 aromatic carbocycles. The van der Waals surface area contributed by atoms with Crippen LogP contribution in [0.25, 0.3) is 0 Å². The van der Waals surface area contributed by atoms with Gasteiger partial charge in [0.1, 0.15) is 0 Å². The van der Waals surface area contributed by atoms with E-state index < -0.39 is 0 Å². The van der Waals surface area contributed by atoms with E-state index in [-0.39, 0.29) is 24.2 Å². The summed E-state index contributed by atoms with van der Waals surface area (Å²) in [7, 11) is 0. The summed E-state index contributed by atoms with van der Waals surface area (Å²) < 4.78 is 0.847. The lowest BCUT2D eigenvalue weighted by molar-refractivity contribution is -0.122. The molecule has 2 aromatic rings. The second-order valence-electron chi connectivity index (χ2n) is 5.12. The summed E-state index contributed by atoms with van der Waals surface area (Å²) in [6, 6.07) is 7.52. The Morgan fingerprint density at radius 3 is 2.91 bits per heavy atom. The van der Waals surface area contributed by atoms with Crippen LogP contribution < -0.4 is 10.2 Å². The average Bonchev–Trinajstić information content (AvgIpc) is 3.06. The summed E-state index contributed by atoms with van der Waals surface area (Å²) in [5, 5.41) is 3.37. The van der Waals surface area contributed by atoms with Crippen LogP contribution in [0.1, 0.15) is 11.3 Å². The molecule has 1 atom stereocenters. The number of carbonyl (C=O) groups is 2. The van der Waals surface area contributed by atoms with Gasteiger partial charge in [0, 0.05) is 28.5 Å². The van der Waals surface area contributed by atoms with Crippen LogP contribution in [0.5, 0.6) is 0 Å². The Labute approximate surface area is 140 Å². The van der Waals surface area contributed by atoms with Crippen LogP contribution in [0, 0.1) is 12.8 Å². The first-order valence-corrected chi connectivity index (χ1v) is 8.43. The van der Waals surface area contributed by atoms with Crippen molar-refractivity contribution < 1.29 is 9.59 Å². The number of rotatable bonds is 3. The summed E-state index contributed by atoms with van der Waals surface area (Å²) >= 11 is 4.87. The summed E-state index contributed by atoms with van der Waals surface area (Å²) in [6.45, 7) is 2.32. The molecule has 5 nitrogen and oxygen atoms in total. The number of hydrogen-bond donors (Lipinski definition) is 1. The Morgan fingerprint density at radius 1 is 1.45 bits per heavy atom. The van der Waals surface area contributed by atoms with Crippen LogP contribution in [0.2, 0.25) is 0 Å². The Bertz CT molecular complexity index is 731. The molecule has 1 saturated heterocycles. The molecule has 1 aliphatic heterocycles. The number of anilines is 2. The van der Waals surface area contributed by atoms with Gasteiger partial charge in [-0.25, -0.2) is 4.98 Å². The molecule has 1 N–H and O–H groups in total. The monoisotopic (exact) mass is 379 g/mol. The molecule has 0 radical (unpaired) electrons. The molecule has 2 heterocycles. The Kier molecular flexibility index (Phi) is 4.26. The van der Waals surface area contributed by atoms with Gasteiger partial charge in [0.2, 0.25) is 11.8 Å². The molecule has 3 rings (SSSR count). The number of benzene rings is 1. The predicted octanol–water partition coefficient (Wildman–Crippen LogP) is 3.21. The van der Waals surface area contributed by atoms with Gasteiger partial charge in [0.25, 0.3) is 0 Å². The van der Waals surface area contributed by atoms with Crippen molar-refractivity contribution >= 4 is 49.9 Å². The topological polar surface area (TPSA) is 62.3 Å². The van der Waals surface area contributed by atoms with E-state index in [9.17, 15) is 9.59 Å². The third-order valence-electron chi connectivity index (χ3n) is 3.49. The van der Waals surface area contributed by atoms with Gasteiger partial charge in [0.15, 0.2) is 5.13 Å². The first-order valence-electron chi connectivity index (χ1n) is 6.83. The number of aromatic nitrogens is 1. The number of halogens is 1. The van der Waals surface area contributed by atoms with Gasteiger partial charge in [-0.15, -0.1) is 11.3 Å². The van der Waals surface area contributed by atoms with E-state index in [0.29, 0.717) is 11.7 Å². The molecule has 1 aromatic heterocycles. The van der Waals surface area contributed by atoms with E-state index in [1.165, 1.54) is 11.3 Å². The third kappa shape index (κ3) is 3.05. The highest BCUT2D eigenvalue weighted by atomic mass is 79.9. The lowest BCUT2D eigenvalue weighted by atomic mass is 10.1. The van der Waals surface area contributed by atoms with Gasteiger partial charge in [-0.05, 0) is 35.0 Å². The van der Waals surface area contributed by atoms with E-state index >= 15 is 0 Å². The molecule has 0 bridgehead atoms. The highest BCUT2D eigenvalue weighted by Gasteiger charge is 2.36. The number of nitrogens with one attached hydrogen (secondary N) is 1. The minimum absolute atomic E-state index is 0.0395. The summed E-state index contributed by atoms with van der Waals surface area (Å²) in [6.07, 6.45) is 1.94. The summed E-state index contributed by atoms with van der Waals surface area (Å²) in [4.78, 5) is 31.3. The number of nitrogens with zero attached hydrogens (tertiary/aromatic N) is 2. The fourth-order valence-corrected chi connectivity index (χ4v) is 3.57. The average molecular weight is 380 g/mol. The van der Waals surface area contributed by atoms with Crippen LogP contribution in [0.15, 0.2) is 34.9 Å². The summed E-state index contributed by atoms with van der Waals surface area (Å²) in [5.74, 6) is -0.552. The molecule has 22 heavy (non-hydrogen) atoms. The Morgan fingerprint density at radius 2 is 2.23 bits per heavy atom. The first kappa shape index (κ1) is 15.2. The minimum atomic E-state index is -0.358. The zero-order valence-electron chi connectivity index (χ0n) is 11.9. The minimum Gasteiger partial charge on any atom is -0.310 e. The third-order valence-corrected chi connectivity index (χ3v) is 4.99. The number of amides is 2. The summed E-state index contributed by atoms with van der Waals surface area (Å²) in [5.41, 5.74) is 0.799. The lowest BCUT2D eigenvalue weighted by Gasteiger charge is -2.18. The molecular formula is C15H14BrN3O2S. The van der Waals surface area contributed by atoms with Gasteiger partial charge in [-0.3, -0.25) is 9.59 Å². The van der Waals surface area contributed by atoms with Crippen molar-refractivity contribution in [1.29, 1.82) is 0 Å². The SMILES string of the molecule is Cc1cnc(NC(=O)[C@@H]2CC(=O)N(c3ccccc3Br)C2)s1. The normalized spacial score (nSPS) is 17.8. The molecule has 0 spiro atoms. The zero-order chi connectivity index (χ0) is 15.7. The standard InChI is InChI=1S/C15H14BrN3O2S/c1-9-7-17-15(22-9)18-14(21)10-6-13(20)19(8-10)12-5-3-2-4-11(12)16/h2-5,7,10H,6,8H2,1H3,(H,17,18,21)/t10-/m1/s1. The van der Waals surface area contributed by atoms with Gasteiger partial charge in [-0.1, -0.05) is 12.1 Å². The molecular weight excluding hydrogens is 366 g/mol. The van der Waals surface area contributed by atoms with Crippen LogP contribution in [-0.2, 0) is 9.59 Å². The lowest BCUT2D eigenvalue weighted by Crippen LogP contribution is -2.28. The quantitative estimate of drug-likeness (QED) is 0.890. The number of aryl methyl sites for hydroxylation is 1. The van der Waals surface area contributed by atoms with Crippen molar-refractivity contribution in [1.82, 2.24) is 4.98 Å². The van der Waals surface area contributed by atoms with E-state index in [4.69, 9.17) is 0 Å². The predicted molar refractivity (Wildman–Crippen MR) is 90.1 cm³/mol. The van der Waals surface area contributed by atoms with Crippen LogP contribution in [-0.4, -0.2) is 23.3 Å². The van der Waals surface area contributed by atoms with Crippen LogP contribution >= 0.6 is 27.3 Å². The molecule has 7 heteroatoms. The molecule has 0 aliphatic carbocycles. The molecule has 0 saturated carbocycles. The van der Waals surface area contributed by atoms with E-state index in [2.05, 4.69) is 26.2 Å². The fourth-order valence-electron chi connectivity index (χ4n) is 2.41. The molecule has 1 aliphatic rings. The second-order valence-corrected chi connectivity index (χ2v) is 7.21. The smallest absolute Gasteiger partial charge is 0.231 e. The zero-order valence-corrected chi connectivity index (χ0v) is 14.3. The van der Waals surface area contributed by atoms with Crippen molar-refractivity contribution in [2.45, 2.75) is 13.3 Å². The van der Waals surface area contributed by atoms with Crippen molar-refractivity contribution in [2.75, 3.05) is 16.8 Å². The van der Waals surface area contributed by atoms with Crippen LogP contribution in [0.4, 0.5) is 10.8 Å². The van der Waals surface area contributed by atoms with Gasteiger partial charge in [0.05, 0.1) is 11.6 Å². The van der Waals surface area contributed by atoms with Crippen molar-refractivity contribution in [3.05, 3.63) is 39.8 Å². The molecule has 1 fully saturated rings. The first-order chi connectivity index (χ1) is 10.5. The van der Waals surface area contributed by atoms with Crippen molar-refractivity contribution in [3.63, 3.8) is 0 Å². The Balaban J connectivity index is 1.71. The van der Waals surface area contributed by atoms with Gasteiger partial charge in [-0.2, -0.15) is 0 Å². The fraction of sp³-hybridized carbons (Fsp3) is 0.267. The van der Waals surface area contributed by atoms with Gasteiger partial charge < -0.3 is 10.2 Å². The van der Waals surface area contributed by atoms with E-state index in [1.54, 1.807) is 11.1 Å². The largest absolute Gasteiger partial charge is 0.310 e. The maximum absolute atomic E-state index is 12.3. The van der Waals surface area contributed by atoms with Gasteiger partial charge >= 0.3 is 0 Å². The van der Waals surface area contributed by atoms with E-state index in [1.807, 2.05) is 31.2 Å². The highest BCUT2D eigenvalue weighted by molar-refractivity contribution is 9.10. The van der Waals surface area contributed by atoms with E-state index in [0.717, 1.165) is 15.0 Å². The highest BCUT2D eigenvalue weighted by Crippen LogP contribution is 2.31. The molecule has 2 amide bonds. The number of para-hydroxylation sites is 1. The number of thiazole rings is 1. The van der Waals surface area contributed by atoms with Crippen molar-refractivity contribution in [2.24, 2.45) is 5.92 Å². The molecule has 0 unspecified atom stereocenters. The second kappa shape index (κ2) is 6.18. The maximum atomic E-state index is 12.3. The Hall–Kier alpha value is -1.73. The van der Waals surface area contributed by atoms with Crippen LogP contribution in [0.3, 0.4) is 0 Å². The number of hydrogen-bond acceptors (Lipinski definition) is 4. The number of carbonyl (C=O) groups excluding carboxylic acids is 2. The van der Waals surface area contributed by atoms with Crippen molar-refractivity contribution in [3.8, 4) is 0 Å².